The maximum absolute atomic E-state index is 12.5. The molecular weight excluding hydrogens is 336 g/mol. The van der Waals surface area contributed by atoms with Crippen LogP contribution in [0.3, 0.4) is 0 Å². The van der Waals surface area contributed by atoms with Crippen LogP contribution in [0, 0.1) is 5.92 Å². The number of rotatable bonds is 4. The molecule has 1 fully saturated rings. The fraction of sp³-hybridized carbons (Fsp3) is 0.722. The average Bonchev–Trinajstić information content (AvgIpc) is 3.05. The molecule has 6 nitrogen and oxygen atoms in total. The third kappa shape index (κ3) is 4.14. The van der Waals surface area contributed by atoms with E-state index >= 15 is 0 Å². The van der Waals surface area contributed by atoms with Crippen LogP contribution in [-0.2, 0) is 17.6 Å². The highest BCUT2D eigenvalue weighted by Gasteiger charge is 2.29. The van der Waals surface area contributed by atoms with E-state index in [9.17, 15) is 9.59 Å². The Morgan fingerprint density at radius 1 is 1.20 bits per heavy atom. The number of anilines is 1. The summed E-state index contributed by atoms with van der Waals surface area (Å²) in [6.45, 7) is 6.75. The van der Waals surface area contributed by atoms with Crippen molar-refractivity contribution in [3.8, 4) is 0 Å². The zero-order valence-electron chi connectivity index (χ0n) is 15.2. The number of urea groups is 1. The van der Waals surface area contributed by atoms with Gasteiger partial charge in [0.15, 0.2) is 5.13 Å². The highest BCUT2D eigenvalue weighted by Crippen LogP contribution is 2.30. The van der Waals surface area contributed by atoms with Crippen molar-refractivity contribution in [2.45, 2.75) is 52.4 Å². The molecule has 0 saturated carbocycles. The molecule has 0 unspecified atom stereocenters. The third-order valence-corrected chi connectivity index (χ3v) is 6.32. The fourth-order valence-electron chi connectivity index (χ4n) is 3.64. The summed E-state index contributed by atoms with van der Waals surface area (Å²) in [6.07, 6.45) is 6.00. The first kappa shape index (κ1) is 18.2. The second-order valence-corrected chi connectivity index (χ2v) is 7.89. The minimum atomic E-state index is -0.0262. The summed E-state index contributed by atoms with van der Waals surface area (Å²) in [5.41, 5.74) is 1.17. The van der Waals surface area contributed by atoms with Crippen molar-refractivity contribution >= 4 is 28.4 Å². The summed E-state index contributed by atoms with van der Waals surface area (Å²) in [4.78, 5) is 34.6. The Morgan fingerprint density at radius 3 is 2.52 bits per heavy atom. The lowest BCUT2D eigenvalue weighted by Gasteiger charge is -2.34. The first-order chi connectivity index (χ1) is 12.1. The number of nitrogens with one attached hydrogen (secondary N) is 1. The first-order valence-electron chi connectivity index (χ1n) is 9.45. The molecule has 1 aromatic heterocycles. The summed E-state index contributed by atoms with van der Waals surface area (Å²) in [5.74, 6) is 0.0303. The molecule has 1 aromatic rings. The largest absolute Gasteiger partial charge is 0.325 e. The first-order valence-corrected chi connectivity index (χ1v) is 10.3. The second-order valence-electron chi connectivity index (χ2n) is 6.80. The van der Waals surface area contributed by atoms with E-state index in [1.54, 1.807) is 11.3 Å². The van der Waals surface area contributed by atoms with E-state index in [1.807, 2.05) is 23.6 Å². The Hall–Kier alpha value is -1.63. The molecule has 7 heteroatoms. The molecular formula is C18H28N4O2S. The van der Waals surface area contributed by atoms with Gasteiger partial charge in [0.25, 0.3) is 0 Å². The number of likely N-dealkylation sites (tertiary alicyclic amines) is 1. The van der Waals surface area contributed by atoms with Crippen LogP contribution in [0.4, 0.5) is 9.93 Å². The molecule has 3 rings (SSSR count). The van der Waals surface area contributed by atoms with Crippen LogP contribution in [0.5, 0.6) is 0 Å². The topological polar surface area (TPSA) is 65.5 Å². The standard InChI is InChI=1S/C18H28N4O2S/c1-3-21(4-2)18(24)22-11-9-13(10-12-22)16(23)20-17-19-14-7-5-6-8-15(14)25-17/h13H,3-12H2,1-2H3,(H,19,20,23). The number of hydrogen-bond donors (Lipinski definition) is 1. The van der Waals surface area contributed by atoms with Gasteiger partial charge in [-0.15, -0.1) is 11.3 Å². The SMILES string of the molecule is CCN(CC)C(=O)N1CCC(C(=O)Nc2nc3c(s2)CCCC3)CC1. The molecule has 3 amide bonds. The Morgan fingerprint density at radius 2 is 1.88 bits per heavy atom. The molecule has 1 N–H and O–H groups in total. The monoisotopic (exact) mass is 364 g/mol. The van der Waals surface area contributed by atoms with Gasteiger partial charge in [-0.25, -0.2) is 9.78 Å². The Labute approximate surface area is 153 Å². The van der Waals surface area contributed by atoms with E-state index in [0.29, 0.717) is 13.1 Å². The van der Waals surface area contributed by atoms with Crippen LogP contribution in [0.15, 0.2) is 0 Å². The highest BCUT2D eigenvalue weighted by molar-refractivity contribution is 7.15. The van der Waals surface area contributed by atoms with Crippen molar-refractivity contribution in [3.05, 3.63) is 10.6 Å². The zero-order chi connectivity index (χ0) is 17.8. The number of thiazole rings is 1. The minimum absolute atomic E-state index is 0.0262. The van der Waals surface area contributed by atoms with E-state index in [1.165, 1.54) is 23.4 Å². The summed E-state index contributed by atoms with van der Waals surface area (Å²) >= 11 is 1.63. The summed E-state index contributed by atoms with van der Waals surface area (Å²) < 4.78 is 0. The molecule has 2 aliphatic rings. The van der Waals surface area contributed by atoms with Crippen molar-refractivity contribution in [2.24, 2.45) is 5.92 Å². The molecule has 0 spiro atoms. The maximum atomic E-state index is 12.5. The molecule has 0 radical (unpaired) electrons. The molecule has 1 aliphatic heterocycles. The van der Waals surface area contributed by atoms with Gasteiger partial charge in [0, 0.05) is 37.0 Å². The Bertz CT molecular complexity index is 595. The number of carbonyl (C=O) groups excluding carboxylic acids is 2. The van der Waals surface area contributed by atoms with Crippen LogP contribution in [-0.4, -0.2) is 52.9 Å². The number of hydrogen-bond acceptors (Lipinski definition) is 4. The Balaban J connectivity index is 1.51. The molecule has 0 aromatic carbocycles. The lowest BCUT2D eigenvalue weighted by molar-refractivity contribution is -0.121. The van der Waals surface area contributed by atoms with Gasteiger partial charge < -0.3 is 15.1 Å². The van der Waals surface area contributed by atoms with Crippen LogP contribution in [0.25, 0.3) is 0 Å². The number of nitrogens with zero attached hydrogens (tertiary/aromatic N) is 3. The lowest BCUT2D eigenvalue weighted by atomic mass is 9.96. The van der Waals surface area contributed by atoms with Gasteiger partial charge in [-0.3, -0.25) is 4.79 Å². The van der Waals surface area contributed by atoms with Crippen molar-refractivity contribution in [1.82, 2.24) is 14.8 Å². The van der Waals surface area contributed by atoms with Crippen LogP contribution >= 0.6 is 11.3 Å². The molecule has 0 atom stereocenters. The molecule has 1 saturated heterocycles. The molecule has 138 valence electrons. The van der Waals surface area contributed by atoms with Gasteiger partial charge in [-0.05, 0) is 52.4 Å². The number of aryl methyl sites for hydroxylation is 2. The van der Waals surface area contributed by atoms with Gasteiger partial charge in [-0.2, -0.15) is 0 Å². The quantitative estimate of drug-likeness (QED) is 0.893. The predicted octanol–water partition coefficient (Wildman–Crippen LogP) is 3.13. The summed E-state index contributed by atoms with van der Waals surface area (Å²) in [6, 6.07) is 0.0939. The maximum Gasteiger partial charge on any atom is 0.319 e. The van der Waals surface area contributed by atoms with Gasteiger partial charge in [0.1, 0.15) is 0 Å². The fourth-order valence-corrected chi connectivity index (χ4v) is 4.69. The normalized spacial score (nSPS) is 17.9. The molecule has 25 heavy (non-hydrogen) atoms. The molecule has 2 heterocycles. The average molecular weight is 365 g/mol. The van der Waals surface area contributed by atoms with E-state index in [0.717, 1.165) is 43.9 Å². The zero-order valence-corrected chi connectivity index (χ0v) is 16.0. The van der Waals surface area contributed by atoms with Crippen molar-refractivity contribution in [3.63, 3.8) is 0 Å². The number of fused-ring (bicyclic) bond motifs is 1. The number of piperidine rings is 1. The van der Waals surface area contributed by atoms with E-state index < -0.39 is 0 Å². The summed E-state index contributed by atoms with van der Waals surface area (Å²) in [5, 5.41) is 3.76. The van der Waals surface area contributed by atoms with Gasteiger partial charge in [0.05, 0.1) is 5.69 Å². The van der Waals surface area contributed by atoms with Crippen molar-refractivity contribution < 1.29 is 9.59 Å². The molecule has 1 aliphatic carbocycles. The second kappa shape index (κ2) is 8.17. The van der Waals surface area contributed by atoms with Gasteiger partial charge in [-0.1, -0.05) is 0 Å². The van der Waals surface area contributed by atoms with Gasteiger partial charge >= 0.3 is 6.03 Å². The number of amides is 3. The highest BCUT2D eigenvalue weighted by atomic mass is 32.1. The van der Waals surface area contributed by atoms with Crippen LogP contribution < -0.4 is 5.32 Å². The van der Waals surface area contributed by atoms with Gasteiger partial charge in [0.2, 0.25) is 5.91 Å². The van der Waals surface area contributed by atoms with Crippen molar-refractivity contribution in [1.29, 1.82) is 0 Å². The van der Waals surface area contributed by atoms with E-state index in [-0.39, 0.29) is 17.9 Å². The lowest BCUT2D eigenvalue weighted by Crippen LogP contribution is -2.47. The number of carbonyl (C=O) groups is 2. The van der Waals surface area contributed by atoms with E-state index in [4.69, 9.17) is 0 Å². The van der Waals surface area contributed by atoms with Crippen LogP contribution in [0.1, 0.15) is 50.1 Å². The van der Waals surface area contributed by atoms with Crippen molar-refractivity contribution in [2.75, 3.05) is 31.5 Å². The Kier molecular flexibility index (Phi) is 5.93. The van der Waals surface area contributed by atoms with Crippen LogP contribution in [0.2, 0.25) is 0 Å². The van der Waals surface area contributed by atoms with E-state index in [2.05, 4.69) is 10.3 Å². The summed E-state index contributed by atoms with van der Waals surface area (Å²) in [7, 11) is 0. The smallest absolute Gasteiger partial charge is 0.319 e. The minimum Gasteiger partial charge on any atom is -0.325 e. The number of aromatic nitrogens is 1. The predicted molar refractivity (Wildman–Crippen MR) is 100.0 cm³/mol. The molecule has 0 bridgehead atoms. The third-order valence-electron chi connectivity index (χ3n) is 5.25.